The van der Waals surface area contributed by atoms with Crippen molar-refractivity contribution < 1.29 is 81.1 Å². The lowest BCUT2D eigenvalue weighted by Gasteiger charge is -2.21. The highest BCUT2D eigenvalue weighted by atomic mass is 31.3. The first-order chi connectivity index (χ1) is 24.7. The number of aromatic nitrogens is 5. The number of carbonyl (C=O) groups is 1. The number of carbonyl (C=O) groups excluding carboxylic acids is 1. The van der Waals surface area contributed by atoms with Crippen LogP contribution in [0, 0.1) is 0 Å². The van der Waals surface area contributed by atoms with E-state index in [9.17, 15) is 44.1 Å². The number of amides is 1. The summed E-state index contributed by atoms with van der Waals surface area (Å²) in [4.78, 5) is 52.1. The zero-order valence-corrected chi connectivity index (χ0v) is 28.2. The molecular formula is C24H33N10O16P2+. The normalized spacial score (nSPS) is 28.3. The Morgan fingerprint density at radius 2 is 1.87 bits per heavy atom. The van der Waals surface area contributed by atoms with E-state index in [1.165, 1.54) is 35.4 Å². The lowest BCUT2D eigenvalue weighted by molar-refractivity contribution is -0.767. The first-order valence-electron chi connectivity index (χ1n) is 14.9. The number of rotatable bonds is 18. The molecule has 2 unspecified atom stereocenters. The molecule has 10 atom stereocenters. The number of phosphoric acid groups is 2. The third kappa shape index (κ3) is 9.41. The number of hydrogen-bond acceptors (Lipinski definition) is 19. The molecule has 28 heteroatoms. The molecule has 0 aliphatic carbocycles. The van der Waals surface area contributed by atoms with Gasteiger partial charge in [-0.25, -0.2) is 29.6 Å². The van der Waals surface area contributed by atoms with Crippen molar-refractivity contribution in [3.05, 3.63) is 53.2 Å². The van der Waals surface area contributed by atoms with Crippen molar-refractivity contribution in [3.8, 4) is 0 Å². The van der Waals surface area contributed by atoms with E-state index in [1.807, 2.05) is 0 Å². The first kappa shape index (κ1) is 39.4. The molecule has 2 fully saturated rings. The van der Waals surface area contributed by atoms with Gasteiger partial charge >= 0.3 is 15.6 Å². The molecule has 284 valence electrons. The predicted molar refractivity (Wildman–Crippen MR) is 165 cm³/mol. The number of nitrogens with zero attached hydrogens (tertiary/aromatic N) is 8. The Hall–Kier alpha value is -3.78. The van der Waals surface area contributed by atoms with Crippen LogP contribution in [0.15, 0.2) is 42.3 Å². The van der Waals surface area contributed by atoms with Crippen molar-refractivity contribution in [1.82, 2.24) is 19.5 Å². The summed E-state index contributed by atoms with van der Waals surface area (Å²) in [5.74, 6) is -0.696. The van der Waals surface area contributed by atoms with Gasteiger partial charge in [-0.05, 0) is 11.6 Å². The van der Waals surface area contributed by atoms with Crippen LogP contribution in [0.5, 0.6) is 0 Å². The Morgan fingerprint density at radius 1 is 1.08 bits per heavy atom. The quantitative estimate of drug-likeness (QED) is 0.0132. The number of fused-ring (bicyclic) bond motifs is 1. The van der Waals surface area contributed by atoms with Crippen molar-refractivity contribution in [2.75, 3.05) is 38.5 Å². The van der Waals surface area contributed by atoms with Crippen molar-refractivity contribution in [2.45, 2.75) is 49.3 Å². The third-order valence-electron chi connectivity index (χ3n) is 7.31. The molecule has 3 aromatic heterocycles. The summed E-state index contributed by atoms with van der Waals surface area (Å²) < 4.78 is 57.5. The molecule has 5 rings (SSSR count). The van der Waals surface area contributed by atoms with Gasteiger partial charge in [0.15, 0.2) is 41.7 Å². The van der Waals surface area contributed by atoms with Gasteiger partial charge in [-0.15, -0.1) is 0 Å². The highest BCUT2D eigenvalue weighted by Gasteiger charge is 2.53. The lowest BCUT2D eigenvalue weighted by atomic mass is 10.1. The van der Waals surface area contributed by atoms with Gasteiger partial charge in [0.2, 0.25) is 6.29 Å². The number of imidazole rings is 1. The Labute approximate surface area is 291 Å². The van der Waals surface area contributed by atoms with E-state index >= 15 is 0 Å². The molecule has 0 radical (unpaired) electrons. The van der Waals surface area contributed by atoms with Gasteiger partial charge in [0, 0.05) is 17.5 Å². The average Bonchev–Trinajstić information content (AvgIpc) is 3.74. The zero-order valence-electron chi connectivity index (χ0n) is 26.4. The van der Waals surface area contributed by atoms with Crippen LogP contribution in [0.3, 0.4) is 0 Å². The molecule has 26 nitrogen and oxygen atoms in total. The van der Waals surface area contributed by atoms with Gasteiger partial charge in [0.25, 0.3) is 12.1 Å². The number of primary amides is 1. The Morgan fingerprint density at radius 3 is 2.62 bits per heavy atom. The maximum Gasteiger partial charge on any atom is 0.483 e. The summed E-state index contributed by atoms with van der Waals surface area (Å²) in [6.45, 7) is -0.378. The highest BCUT2D eigenvalue weighted by Crippen LogP contribution is 2.61. The van der Waals surface area contributed by atoms with E-state index in [0.717, 1.165) is 10.9 Å². The second kappa shape index (κ2) is 16.9. The maximum atomic E-state index is 12.6. The van der Waals surface area contributed by atoms with Gasteiger partial charge in [-0.3, -0.25) is 28.0 Å². The molecule has 9 N–H and O–H groups in total. The Balaban J connectivity index is 1.15. The largest absolute Gasteiger partial charge is 0.483 e. The van der Waals surface area contributed by atoms with Gasteiger partial charge in [-0.1, -0.05) is 5.11 Å². The molecule has 0 aromatic carbocycles. The third-order valence-corrected chi connectivity index (χ3v) is 9.91. The van der Waals surface area contributed by atoms with Crippen LogP contribution in [-0.4, -0.2) is 125 Å². The number of phosphoric ester groups is 2. The molecule has 0 bridgehead atoms. The predicted octanol–water partition coefficient (Wildman–Crippen LogP) is -1.97. The van der Waals surface area contributed by atoms with Crippen LogP contribution < -0.4 is 15.8 Å². The second-order valence-corrected chi connectivity index (χ2v) is 13.8. The maximum absolute atomic E-state index is 12.6. The topological polar surface area (TPSA) is 371 Å². The van der Waals surface area contributed by atoms with Crippen molar-refractivity contribution in [3.63, 3.8) is 0 Å². The molecule has 0 spiro atoms. The van der Waals surface area contributed by atoms with Crippen LogP contribution in [0.25, 0.3) is 21.6 Å². The zero-order chi connectivity index (χ0) is 37.6. The van der Waals surface area contributed by atoms with E-state index in [2.05, 4.69) is 39.3 Å². The van der Waals surface area contributed by atoms with E-state index in [1.54, 1.807) is 0 Å². The van der Waals surface area contributed by atoms with Crippen molar-refractivity contribution in [1.29, 1.82) is 0 Å². The summed E-state index contributed by atoms with van der Waals surface area (Å²) in [5, 5.41) is 45.4. The fourth-order valence-corrected chi connectivity index (χ4v) is 7.07. The summed E-state index contributed by atoms with van der Waals surface area (Å²) in [6.07, 6.45) is -8.72. The van der Waals surface area contributed by atoms with Gasteiger partial charge < -0.3 is 45.4 Å². The fraction of sp³-hybridized carbons (Fsp3) is 0.542. The number of nitrogens with one attached hydrogen (secondary N) is 1. The number of aliphatic hydroxyl groups is 4. The number of hydrogen-bond donors (Lipinski definition) is 8. The molecular weight excluding hydrogens is 746 g/mol. The first-order valence-corrected chi connectivity index (χ1v) is 17.9. The van der Waals surface area contributed by atoms with Gasteiger partial charge in [0.05, 0.1) is 32.8 Å². The Kier molecular flexibility index (Phi) is 12.8. The number of azide groups is 1. The number of nitrogens with two attached hydrogens (primary N) is 1. The second-order valence-electron chi connectivity index (χ2n) is 10.8. The van der Waals surface area contributed by atoms with E-state index < -0.39 is 77.4 Å². The molecule has 3 aromatic rings. The summed E-state index contributed by atoms with van der Waals surface area (Å²) in [5.41, 5.74) is 16.4. The number of pyridine rings is 1. The summed E-state index contributed by atoms with van der Waals surface area (Å²) in [6, 6.07) is 2.73. The van der Waals surface area contributed by atoms with Crippen molar-refractivity contribution in [2.24, 2.45) is 10.8 Å². The van der Waals surface area contributed by atoms with Gasteiger partial charge in [0.1, 0.15) is 36.3 Å². The van der Waals surface area contributed by atoms with Crippen LogP contribution >= 0.6 is 15.6 Å². The van der Waals surface area contributed by atoms with E-state index in [0.29, 0.717) is 0 Å². The van der Waals surface area contributed by atoms with Crippen LogP contribution in [0.4, 0.5) is 5.82 Å². The molecule has 2 saturated heterocycles. The van der Waals surface area contributed by atoms with Crippen LogP contribution in [0.2, 0.25) is 0 Å². The van der Waals surface area contributed by atoms with Crippen LogP contribution in [-0.2, 0) is 41.5 Å². The minimum absolute atomic E-state index is 0.00180. The smallest absolute Gasteiger partial charge is 0.387 e. The van der Waals surface area contributed by atoms with E-state index in [4.69, 9.17) is 34.8 Å². The number of aliphatic hydroxyl groups excluding tert-OH is 4. The lowest BCUT2D eigenvalue weighted by Crippen LogP contribution is -2.46. The summed E-state index contributed by atoms with van der Waals surface area (Å²) in [7, 11) is -11.1. The molecule has 0 saturated carbocycles. The monoisotopic (exact) mass is 779 g/mol. The minimum Gasteiger partial charge on any atom is -0.387 e. The van der Waals surface area contributed by atoms with E-state index in [-0.39, 0.29) is 48.9 Å². The molecule has 2 aliphatic heterocycles. The average molecular weight is 780 g/mol. The summed E-state index contributed by atoms with van der Waals surface area (Å²) >= 11 is 0. The molecule has 52 heavy (non-hydrogen) atoms. The molecule has 1 amide bonds. The van der Waals surface area contributed by atoms with Crippen LogP contribution in [0.1, 0.15) is 22.8 Å². The number of ether oxygens (including phenoxy) is 3. The molecule has 5 heterocycles. The fourth-order valence-electron chi connectivity index (χ4n) is 4.91. The standard InChI is InChI=1S/C24H32N10O16P2/c25-19(39)12-2-1-4-33(8-12)22-17(37)18(38)24(48-22)49-52(42,43)50-51(40,41)46-9-13-15(35)16(36)23(47-13)34-11-29-14-20(27-10-28-21(14)34)31-45-7-6-44-5-3-30-32-26/h1-2,4,8,10-11,13,15-18,22-24,35-38H,3,5-7,9H2,(H4-,25,27,28,31,39,40,41,42,43)/p+1/t13-,15-,16-,17+,18-,22+,23-,24+/m0/s1. The molecule has 2 aliphatic rings. The Bertz CT molecular complexity index is 1870. The number of anilines is 1. The SMILES string of the molecule is [N-]=[N+]=NCCOCCONc1ncnc2c1ncn2[C@H]1O[C@@H](COP(=O)(O)OP(=O)(O)O[C@H]2O[C@@H]([n+]3cccc(C(N)=O)c3)[C@H](O)[C@@H]2O)[C@H](O)[C@@H]1O. The highest BCUT2D eigenvalue weighted by molar-refractivity contribution is 7.61. The minimum atomic E-state index is -5.60. The van der Waals surface area contributed by atoms with Crippen molar-refractivity contribution >= 4 is 38.5 Å². The van der Waals surface area contributed by atoms with Gasteiger partial charge in [-0.2, -0.15) is 8.88 Å².